The van der Waals surface area contributed by atoms with Crippen molar-refractivity contribution >= 4 is 39.0 Å². The molecule has 2 heterocycles. The summed E-state index contributed by atoms with van der Waals surface area (Å²) < 4.78 is 32.2. The fraction of sp³-hybridized carbons (Fsp3) is 0.389. The maximum atomic E-state index is 12.6. The summed E-state index contributed by atoms with van der Waals surface area (Å²) in [6.45, 7) is 1.89. The molecule has 1 aliphatic rings. The molecule has 0 saturated carbocycles. The Balaban J connectivity index is 1.59. The highest BCUT2D eigenvalue weighted by atomic mass is 32.2. The number of benzene rings is 1. The lowest BCUT2D eigenvalue weighted by Crippen LogP contribution is -2.40. The largest absolute Gasteiger partial charge is 0.379 e. The minimum absolute atomic E-state index is 0.170. The summed E-state index contributed by atoms with van der Waals surface area (Å²) in [4.78, 5) is 13.1. The molecule has 1 amide bonds. The first-order valence-corrected chi connectivity index (χ1v) is 12.2. The van der Waals surface area contributed by atoms with Crippen molar-refractivity contribution in [1.29, 1.82) is 0 Å². The molecule has 9 heteroatoms. The fourth-order valence-electron chi connectivity index (χ4n) is 2.69. The van der Waals surface area contributed by atoms with Gasteiger partial charge in [0.05, 0.1) is 19.8 Å². The zero-order valence-corrected chi connectivity index (χ0v) is 17.5. The van der Waals surface area contributed by atoms with Crippen LogP contribution < -0.4 is 5.32 Å². The van der Waals surface area contributed by atoms with Gasteiger partial charge < -0.3 is 10.1 Å². The van der Waals surface area contributed by atoms with E-state index in [0.717, 1.165) is 10.6 Å². The van der Waals surface area contributed by atoms with E-state index in [1.165, 1.54) is 21.2 Å². The lowest BCUT2D eigenvalue weighted by atomic mass is 10.1. The molecule has 27 heavy (non-hydrogen) atoms. The SMILES string of the molecule is CSCc1ccc(C(=O)NCc2ccc(S(=O)(=O)N3CCOCC3)s2)cc1. The molecule has 1 aromatic heterocycles. The molecule has 0 radical (unpaired) electrons. The van der Waals surface area contributed by atoms with Crippen molar-refractivity contribution in [3.05, 3.63) is 52.4 Å². The second-order valence-electron chi connectivity index (χ2n) is 6.05. The number of thioether (sulfide) groups is 1. The van der Waals surface area contributed by atoms with E-state index in [1.54, 1.807) is 23.9 Å². The summed E-state index contributed by atoms with van der Waals surface area (Å²) in [5.41, 5.74) is 1.77. The van der Waals surface area contributed by atoms with Gasteiger partial charge in [-0.25, -0.2) is 8.42 Å². The van der Waals surface area contributed by atoms with Crippen molar-refractivity contribution in [2.24, 2.45) is 0 Å². The lowest BCUT2D eigenvalue weighted by Gasteiger charge is -2.25. The van der Waals surface area contributed by atoms with Crippen molar-refractivity contribution in [3.8, 4) is 0 Å². The summed E-state index contributed by atoms with van der Waals surface area (Å²) in [5, 5.41) is 2.85. The third-order valence-corrected chi connectivity index (χ3v) is 8.22. The molecule has 0 unspecified atom stereocenters. The first kappa shape index (κ1) is 20.3. The van der Waals surface area contributed by atoms with E-state index in [0.29, 0.717) is 42.6 Å². The second-order valence-corrected chi connectivity index (χ2v) is 10.2. The van der Waals surface area contributed by atoms with Gasteiger partial charge in [0, 0.05) is 29.3 Å². The topological polar surface area (TPSA) is 75.7 Å². The number of hydrogen-bond acceptors (Lipinski definition) is 6. The van der Waals surface area contributed by atoms with E-state index < -0.39 is 10.0 Å². The summed E-state index contributed by atoms with van der Waals surface area (Å²) in [5.74, 6) is 0.744. The Hall–Kier alpha value is -1.39. The van der Waals surface area contributed by atoms with Crippen LogP contribution in [-0.4, -0.2) is 51.2 Å². The quantitative estimate of drug-likeness (QED) is 0.736. The van der Waals surface area contributed by atoms with E-state index in [4.69, 9.17) is 4.74 Å². The van der Waals surface area contributed by atoms with Crippen LogP contribution in [0.25, 0.3) is 0 Å². The molecule has 3 rings (SSSR count). The summed E-state index contributed by atoms with van der Waals surface area (Å²) >= 11 is 2.92. The lowest BCUT2D eigenvalue weighted by molar-refractivity contribution is 0.0731. The number of carbonyl (C=O) groups excluding carboxylic acids is 1. The van der Waals surface area contributed by atoms with Gasteiger partial charge in [0.2, 0.25) is 0 Å². The number of nitrogens with one attached hydrogen (secondary N) is 1. The first-order valence-electron chi connectivity index (χ1n) is 8.53. The van der Waals surface area contributed by atoms with Gasteiger partial charge >= 0.3 is 0 Å². The minimum atomic E-state index is -3.49. The van der Waals surface area contributed by atoms with E-state index >= 15 is 0 Å². The van der Waals surface area contributed by atoms with Gasteiger partial charge in [-0.1, -0.05) is 12.1 Å². The van der Waals surface area contributed by atoms with E-state index in [-0.39, 0.29) is 5.91 Å². The molecule has 1 saturated heterocycles. The zero-order valence-electron chi connectivity index (χ0n) is 15.0. The van der Waals surface area contributed by atoms with Crippen LogP contribution in [0.15, 0.2) is 40.6 Å². The number of ether oxygens (including phenoxy) is 1. The predicted octanol–water partition coefficient (Wildman–Crippen LogP) is 2.56. The number of thiophene rings is 1. The first-order chi connectivity index (χ1) is 13.0. The number of hydrogen-bond donors (Lipinski definition) is 1. The Morgan fingerprint density at radius 2 is 1.89 bits per heavy atom. The van der Waals surface area contributed by atoms with Crippen LogP contribution in [0.4, 0.5) is 0 Å². The molecule has 1 aromatic carbocycles. The van der Waals surface area contributed by atoms with Crippen molar-refractivity contribution in [2.75, 3.05) is 32.6 Å². The minimum Gasteiger partial charge on any atom is -0.379 e. The van der Waals surface area contributed by atoms with Gasteiger partial charge in [0.1, 0.15) is 4.21 Å². The molecule has 1 aliphatic heterocycles. The molecule has 0 spiro atoms. The third kappa shape index (κ3) is 5.11. The second kappa shape index (κ2) is 9.20. The van der Waals surface area contributed by atoms with Crippen molar-refractivity contribution in [3.63, 3.8) is 0 Å². The Kier molecular flexibility index (Phi) is 6.93. The maximum Gasteiger partial charge on any atom is 0.252 e. The van der Waals surface area contributed by atoms with Gasteiger partial charge in [0.25, 0.3) is 15.9 Å². The van der Waals surface area contributed by atoms with Gasteiger partial charge in [-0.05, 0) is 36.1 Å². The molecular weight excluding hydrogens is 404 g/mol. The summed E-state index contributed by atoms with van der Waals surface area (Å²) in [6.07, 6.45) is 2.04. The Morgan fingerprint density at radius 3 is 2.56 bits per heavy atom. The standard InChI is InChI=1S/C18H22N2O4S3/c1-25-13-14-2-4-15(5-3-14)18(21)19-12-16-6-7-17(26-16)27(22,23)20-8-10-24-11-9-20/h2-7H,8-13H2,1H3,(H,19,21). The molecule has 2 aromatic rings. The Labute approximate surface area is 168 Å². The van der Waals surface area contributed by atoms with Gasteiger partial charge in [-0.3, -0.25) is 4.79 Å². The molecule has 1 fully saturated rings. The van der Waals surface area contributed by atoms with E-state index in [2.05, 4.69) is 5.32 Å². The molecule has 0 aliphatic carbocycles. The number of morpholine rings is 1. The van der Waals surface area contributed by atoms with Crippen LogP contribution >= 0.6 is 23.1 Å². The molecule has 146 valence electrons. The average Bonchev–Trinajstić information content (AvgIpc) is 3.17. The van der Waals surface area contributed by atoms with Gasteiger partial charge in [-0.15, -0.1) is 11.3 Å². The van der Waals surface area contributed by atoms with Crippen LogP contribution in [0.2, 0.25) is 0 Å². The van der Waals surface area contributed by atoms with Gasteiger partial charge in [-0.2, -0.15) is 16.1 Å². The van der Waals surface area contributed by atoms with Crippen molar-refractivity contribution in [1.82, 2.24) is 9.62 Å². The van der Waals surface area contributed by atoms with E-state index in [1.807, 2.05) is 30.5 Å². The zero-order chi connectivity index (χ0) is 19.3. The van der Waals surface area contributed by atoms with Crippen molar-refractivity contribution < 1.29 is 17.9 Å². The highest BCUT2D eigenvalue weighted by Gasteiger charge is 2.27. The van der Waals surface area contributed by atoms with Crippen LogP contribution in [0.3, 0.4) is 0 Å². The van der Waals surface area contributed by atoms with Crippen LogP contribution in [0, 0.1) is 0 Å². The fourth-order valence-corrected chi connectivity index (χ4v) is 6.08. The number of amides is 1. The third-order valence-electron chi connectivity index (χ3n) is 4.15. The van der Waals surface area contributed by atoms with E-state index in [9.17, 15) is 13.2 Å². The molecule has 0 atom stereocenters. The monoisotopic (exact) mass is 426 g/mol. The molecule has 1 N–H and O–H groups in total. The predicted molar refractivity (Wildman–Crippen MR) is 109 cm³/mol. The van der Waals surface area contributed by atoms with Crippen molar-refractivity contribution in [2.45, 2.75) is 16.5 Å². The number of carbonyl (C=O) groups is 1. The number of sulfonamides is 1. The number of nitrogens with zero attached hydrogens (tertiary/aromatic N) is 1. The maximum absolute atomic E-state index is 12.6. The van der Waals surface area contributed by atoms with Crippen LogP contribution in [-0.2, 0) is 27.1 Å². The summed E-state index contributed by atoms with van der Waals surface area (Å²) in [7, 11) is -3.49. The number of rotatable bonds is 7. The Bertz CT molecular complexity index is 872. The van der Waals surface area contributed by atoms with Crippen LogP contribution in [0.5, 0.6) is 0 Å². The Morgan fingerprint density at radius 1 is 1.19 bits per heavy atom. The summed E-state index contributed by atoms with van der Waals surface area (Å²) in [6, 6.07) is 10.9. The van der Waals surface area contributed by atoms with Crippen LogP contribution in [0.1, 0.15) is 20.8 Å². The highest BCUT2D eigenvalue weighted by Crippen LogP contribution is 2.25. The average molecular weight is 427 g/mol. The van der Waals surface area contributed by atoms with Gasteiger partial charge in [0.15, 0.2) is 0 Å². The highest BCUT2D eigenvalue weighted by molar-refractivity contribution is 7.97. The molecule has 0 bridgehead atoms. The molecular formula is C18H22N2O4S3. The smallest absolute Gasteiger partial charge is 0.252 e. The normalized spacial score (nSPS) is 15.6. The molecule has 6 nitrogen and oxygen atoms in total.